The lowest BCUT2D eigenvalue weighted by Crippen LogP contribution is -2.09. The Balaban J connectivity index is 2.27. The summed E-state index contributed by atoms with van der Waals surface area (Å²) < 4.78 is 3.49. The molecule has 0 aliphatic rings. The summed E-state index contributed by atoms with van der Waals surface area (Å²) in [6.45, 7) is 1.94. The molecule has 0 fully saturated rings. The maximum Gasteiger partial charge on any atom is 0.153 e. The van der Waals surface area contributed by atoms with Gasteiger partial charge in [0.25, 0.3) is 0 Å². The molecule has 1 atom stereocenters. The van der Waals surface area contributed by atoms with E-state index in [0.29, 0.717) is 0 Å². The smallest absolute Gasteiger partial charge is 0.153 e. The van der Waals surface area contributed by atoms with Gasteiger partial charge in [-0.3, -0.25) is 4.68 Å². The summed E-state index contributed by atoms with van der Waals surface area (Å²) in [5.41, 5.74) is 9.60. The molecule has 18 heavy (non-hydrogen) atoms. The molecule has 2 N–H and O–H groups in total. The van der Waals surface area contributed by atoms with Gasteiger partial charge in [0.05, 0.1) is 11.9 Å². The summed E-state index contributed by atoms with van der Waals surface area (Å²) in [6.07, 6.45) is 7.26. The average Bonchev–Trinajstić information content (AvgIpc) is 2.94. The molecular formula is C12H14N6. The fraction of sp³-hybridized carbons (Fsp3) is 0.250. The number of rotatable bonds is 2. The highest BCUT2D eigenvalue weighted by atomic mass is 15.3. The normalized spacial score (nSPS) is 13.1. The van der Waals surface area contributed by atoms with Gasteiger partial charge in [-0.1, -0.05) is 0 Å². The van der Waals surface area contributed by atoms with Gasteiger partial charge in [-0.25, -0.2) is 9.50 Å². The van der Waals surface area contributed by atoms with Crippen LogP contribution in [0.4, 0.5) is 0 Å². The Morgan fingerprint density at radius 3 is 2.89 bits per heavy atom. The molecule has 0 aromatic carbocycles. The Bertz CT molecular complexity index is 693. The van der Waals surface area contributed by atoms with Crippen molar-refractivity contribution < 1.29 is 0 Å². The minimum atomic E-state index is -0.102. The lowest BCUT2D eigenvalue weighted by molar-refractivity contribution is 0.767. The third kappa shape index (κ3) is 1.67. The van der Waals surface area contributed by atoms with E-state index in [0.717, 1.165) is 22.5 Å². The second-order valence-corrected chi connectivity index (χ2v) is 4.37. The Hall–Kier alpha value is -2.21. The quantitative estimate of drug-likeness (QED) is 0.731. The summed E-state index contributed by atoms with van der Waals surface area (Å²) in [5.74, 6) is 0. The van der Waals surface area contributed by atoms with Crippen molar-refractivity contribution in [1.29, 1.82) is 0 Å². The molecule has 0 radical (unpaired) electrons. The first-order valence-corrected chi connectivity index (χ1v) is 5.74. The van der Waals surface area contributed by atoms with Gasteiger partial charge in [0.15, 0.2) is 5.65 Å². The van der Waals surface area contributed by atoms with Crippen LogP contribution in [0, 0.1) is 0 Å². The third-order valence-corrected chi connectivity index (χ3v) is 2.88. The van der Waals surface area contributed by atoms with Gasteiger partial charge in [-0.15, -0.1) is 0 Å². The van der Waals surface area contributed by atoms with Gasteiger partial charge in [0, 0.05) is 42.8 Å². The largest absolute Gasteiger partial charge is 0.324 e. The predicted octanol–water partition coefficient (Wildman–Crippen LogP) is 1.15. The monoisotopic (exact) mass is 242 g/mol. The lowest BCUT2D eigenvalue weighted by Gasteiger charge is -2.10. The Labute approximate surface area is 104 Å². The maximum absolute atomic E-state index is 6.01. The first-order valence-electron chi connectivity index (χ1n) is 5.74. The van der Waals surface area contributed by atoms with E-state index in [1.807, 2.05) is 32.4 Å². The van der Waals surface area contributed by atoms with Crippen LogP contribution in [0.25, 0.3) is 16.9 Å². The van der Waals surface area contributed by atoms with E-state index in [1.165, 1.54) is 0 Å². The SMILES string of the molecule is C[C@H](N)c1cc2nccn2nc1-c1cnn(C)c1. The van der Waals surface area contributed by atoms with E-state index in [9.17, 15) is 0 Å². The van der Waals surface area contributed by atoms with Crippen molar-refractivity contribution in [1.82, 2.24) is 24.4 Å². The summed E-state index contributed by atoms with van der Waals surface area (Å²) in [7, 11) is 1.88. The number of hydrogen-bond acceptors (Lipinski definition) is 4. The molecule has 6 nitrogen and oxygen atoms in total. The molecule has 0 bridgehead atoms. The number of imidazole rings is 1. The van der Waals surface area contributed by atoms with Crippen LogP contribution in [0.5, 0.6) is 0 Å². The number of nitrogens with two attached hydrogens (primary N) is 1. The van der Waals surface area contributed by atoms with Crippen molar-refractivity contribution in [2.45, 2.75) is 13.0 Å². The highest BCUT2D eigenvalue weighted by Crippen LogP contribution is 2.25. The van der Waals surface area contributed by atoms with Gasteiger partial charge in [-0.05, 0) is 13.0 Å². The fourth-order valence-corrected chi connectivity index (χ4v) is 1.98. The third-order valence-electron chi connectivity index (χ3n) is 2.88. The molecule has 92 valence electrons. The van der Waals surface area contributed by atoms with Gasteiger partial charge >= 0.3 is 0 Å². The summed E-state index contributed by atoms with van der Waals surface area (Å²) in [5, 5.41) is 8.73. The minimum absolute atomic E-state index is 0.102. The maximum atomic E-state index is 6.01. The van der Waals surface area contributed by atoms with Crippen molar-refractivity contribution in [3.05, 3.63) is 36.4 Å². The van der Waals surface area contributed by atoms with Gasteiger partial charge in [0.2, 0.25) is 0 Å². The van der Waals surface area contributed by atoms with Crippen molar-refractivity contribution in [3.63, 3.8) is 0 Å². The Morgan fingerprint density at radius 2 is 2.22 bits per heavy atom. The number of aryl methyl sites for hydroxylation is 1. The van der Waals surface area contributed by atoms with Gasteiger partial charge in [0.1, 0.15) is 0 Å². The zero-order valence-electron chi connectivity index (χ0n) is 10.3. The standard InChI is InChI=1S/C12H14N6/c1-8(13)10-5-11-14-3-4-18(11)16-12(10)9-6-15-17(2)7-9/h3-8H,13H2,1-2H3/t8-/m0/s1. The summed E-state index contributed by atoms with van der Waals surface area (Å²) in [4.78, 5) is 4.23. The molecule has 3 heterocycles. The molecule has 0 unspecified atom stereocenters. The van der Waals surface area contributed by atoms with Crippen LogP contribution in [0.1, 0.15) is 18.5 Å². The molecule has 6 heteroatoms. The van der Waals surface area contributed by atoms with Crippen molar-refractivity contribution in [3.8, 4) is 11.3 Å². The van der Waals surface area contributed by atoms with E-state index in [4.69, 9.17) is 5.73 Å². The first kappa shape index (κ1) is 10.9. The van der Waals surface area contributed by atoms with E-state index in [-0.39, 0.29) is 6.04 Å². The van der Waals surface area contributed by atoms with E-state index in [1.54, 1.807) is 21.6 Å². The molecule has 0 spiro atoms. The van der Waals surface area contributed by atoms with E-state index < -0.39 is 0 Å². The molecule has 3 aromatic heterocycles. The van der Waals surface area contributed by atoms with Crippen molar-refractivity contribution in [2.75, 3.05) is 0 Å². The number of hydrogen-bond donors (Lipinski definition) is 1. The average molecular weight is 242 g/mol. The van der Waals surface area contributed by atoms with Crippen LogP contribution < -0.4 is 5.73 Å². The van der Waals surface area contributed by atoms with Gasteiger partial charge in [-0.2, -0.15) is 10.2 Å². The predicted molar refractivity (Wildman–Crippen MR) is 67.8 cm³/mol. The van der Waals surface area contributed by atoms with Crippen LogP contribution in [0.2, 0.25) is 0 Å². The van der Waals surface area contributed by atoms with Crippen LogP contribution in [-0.2, 0) is 7.05 Å². The summed E-state index contributed by atoms with van der Waals surface area (Å²) in [6, 6.07) is 1.87. The molecule has 0 saturated carbocycles. The topological polar surface area (TPSA) is 74.0 Å². The number of aromatic nitrogens is 5. The van der Waals surface area contributed by atoms with E-state index in [2.05, 4.69) is 15.2 Å². The molecule has 0 aliphatic heterocycles. The van der Waals surface area contributed by atoms with Gasteiger partial charge < -0.3 is 5.73 Å². The number of fused-ring (bicyclic) bond motifs is 1. The second-order valence-electron chi connectivity index (χ2n) is 4.37. The second kappa shape index (κ2) is 3.92. The first-order chi connectivity index (χ1) is 8.65. The van der Waals surface area contributed by atoms with Crippen LogP contribution in [0.15, 0.2) is 30.9 Å². The van der Waals surface area contributed by atoms with Crippen molar-refractivity contribution in [2.24, 2.45) is 12.8 Å². The van der Waals surface area contributed by atoms with Crippen molar-refractivity contribution >= 4 is 5.65 Å². The zero-order valence-corrected chi connectivity index (χ0v) is 10.3. The Kier molecular flexibility index (Phi) is 2.38. The fourth-order valence-electron chi connectivity index (χ4n) is 1.98. The van der Waals surface area contributed by atoms with Crippen LogP contribution in [-0.4, -0.2) is 24.4 Å². The summed E-state index contributed by atoms with van der Waals surface area (Å²) >= 11 is 0. The highest BCUT2D eigenvalue weighted by Gasteiger charge is 2.14. The van der Waals surface area contributed by atoms with Crippen LogP contribution in [0.3, 0.4) is 0 Å². The molecule has 3 aromatic rings. The van der Waals surface area contributed by atoms with E-state index >= 15 is 0 Å². The molecule has 0 amide bonds. The van der Waals surface area contributed by atoms with Crippen LogP contribution >= 0.6 is 0 Å². The molecule has 3 rings (SSSR count). The molecule has 0 aliphatic carbocycles. The lowest BCUT2D eigenvalue weighted by atomic mass is 10.0. The Morgan fingerprint density at radius 1 is 1.39 bits per heavy atom. The highest BCUT2D eigenvalue weighted by molar-refractivity contribution is 5.64. The number of nitrogens with zero attached hydrogens (tertiary/aromatic N) is 5. The molecule has 0 saturated heterocycles. The molecular weight excluding hydrogens is 228 g/mol. The zero-order chi connectivity index (χ0) is 12.7. The minimum Gasteiger partial charge on any atom is -0.324 e.